The fraction of sp³-hybridized carbons (Fsp3) is 0.308. The van der Waals surface area contributed by atoms with Crippen LogP contribution in [0.3, 0.4) is 0 Å². The van der Waals surface area contributed by atoms with E-state index in [4.69, 9.17) is 11.6 Å². The smallest absolute Gasteiger partial charge is 0.123 e. The summed E-state index contributed by atoms with van der Waals surface area (Å²) in [7, 11) is 0. The predicted octanol–water partition coefficient (Wildman–Crippen LogP) is 5.60. The number of benzene rings is 2. The molecule has 0 fully saturated rings. The largest absolute Gasteiger partial charge is 0.383 e. The number of aromatic nitrogens is 1. The Labute approximate surface area is 209 Å². The highest BCUT2D eigenvalue weighted by Crippen LogP contribution is 2.36. The Hall–Kier alpha value is -3.54. The zero-order valence-corrected chi connectivity index (χ0v) is 20.9. The van der Waals surface area contributed by atoms with Gasteiger partial charge in [-0.15, -0.1) is 0 Å². The maximum absolute atomic E-state index is 13.6. The summed E-state index contributed by atoms with van der Waals surface area (Å²) >= 11 is 6.66. The minimum Gasteiger partial charge on any atom is -0.383 e. The van der Waals surface area contributed by atoms with E-state index in [-0.39, 0.29) is 17.3 Å². The number of hydrogen-bond acceptors (Lipinski definition) is 7. The van der Waals surface area contributed by atoms with Gasteiger partial charge in [0.1, 0.15) is 11.9 Å². The van der Waals surface area contributed by atoms with Crippen LogP contribution in [-0.4, -0.2) is 11.5 Å². The number of hydrogen-bond donors (Lipinski definition) is 5. The van der Waals surface area contributed by atoms with Crippen LogP contribution >= 0.6 is 11.6 Å². The molecule has 0 saturated carbocycles. The summed E-state index contributed by atoms with van der Waals surface area (Å²) in [4.78, 5) is 4.45. The lowest BCUT2D eigenvalue weighted by molar-refractivity contribution is 0.270. The van der Waals surface area contributed by atoms with Gasteiger partial charge in [-0.2, -0.15) is 10.8 Å². The van der Waals surface area contributed by atoms with Gasteiger partial charge in [0.15, 0.2) is 0 Å². The van der Waals surface area contributed by atoms with Gasteiger partial charge in [0.05, 0.1) is 33.5 Å². The molecule has 1 aliphatic heterocycles. The molecule has 182 valence electrons. The Balaban J connectivity index is 1.76. The molecule has 9 heteroatoms. The maximum Gasteiger partial charge on any atom is 0.123 e. The number of nitrogens with zero attached hydrogens (tertiary/aromatic N) is 2. The summed E-state index contributed by atoms with van der Waals surface area (Å²) in [5.41, 5.74) is 13.0. The SMILES string of the molecule is CC(C)C(C)(C)CNc1c(C#N)cnc2c(Cl)cc(N[C@H](C3=CNNN3)c3ccc(F)cc3)cc12. The first kappa shape index (κ1) is 24.6. The molecule has 2 heterocycles. The third-order valence-electron chi connectivity index (χ3n) is 6.66. The predicted molar refractivity (Wildman–Crippen MR) is 139 cm³/mol. The van der Waals surface area contributed by atoms with Gasteiger partial charge in [0.25, 0.3) is 0 Å². The number of hydrazine groups is 2. The van der Waals surface area contributed by atoms with Gasteiger partial charge in [0.2, 0.25) is 0 Å². The van der Waals surface area contributed by atoms with Crippen molar-refractivity contribution < 1.29 is 4.39 Å². The second kappa shape index (κ2) is 9.98. The van der Waals surface area contributed by atoms with Gasteiger partial charge in [-0.3, -0.25) is 4.98 Å². The fourth-order valence-electron chi connectivity index (χ4n) is 3.71. The number of rotatable bonds is 8. The van der Waals surface area contributed by atoms with Crippen molar-refractivity contribution in [2.24, 2.45) is 11.3 Å². The second-order valence-electron chi connectivity index (χ2n) is 9.63. The van der Waals surface area contributed by atoms with E-state index >= 15 is 0 Å². The first-order valence-corrected chi connectivity index (χ1v) is 11.8. The zero-order valence-electron chi connectivity index (χ0n) is 20.1. The van der Waals surface area contributed by atoms with Crippen molar-refractivity contribution in [2.75, 3.05) is 17.2 Å². The average molecular weight is 494 g/mol. The number of anilines is 2. The van der Waals surface area contributed by atoms with Gasteiger partial charge in [0, 0.05) is 30.0 Å². The van der Waals surface area contributed by atoms with Crippen molar-refractivity contribution in [3.63, 3.8) is 0 Å². The van der Waals surface area contributed by atoms with Crippen LogP contribution in [0.2, 0.25) is 5.02 Å². The summed E-state index contributed by atoms with van der Waals surface area (Å²) in [6, 6.07) is 12.0. The summed E-state index contributed by atoms with van der Waals surface area (Å²) in [6.07, 6.45) is 3.35. The highest BCUT2D eigenvalue weighted by Gasteiger charge is 2.24. The van der Waals surface area contributed by atoms with Gasteiger partial charge in [-0.25, -0.2) is 4.39 Å². The van der Waals surface area contributed by atoms with Crippen molar-refractivity contribution in [3.8, 4) is 6.07 Å². The standard InChI is InChI=1S/C26H29ClFN7/c1-15(2)26(3,4)14-31-23-17(11-29)12-30-25-20(23)9-19(10-21(25)27)33-24(22-13-32-35-34-22)16-5-7-18(28)8-6-16/h5-10,12-13,15,24,32-35H,14H2,1-4H3,(H,30,31)/t24-/m0/s1. The summed E-state index contributed by atoms with van der Waals surface area (Å²) in [6.45, 7) is 9.43. The molecule has 0 unspecified atom stereocenters. The summed E-state index contributed by atoms with van der Waals surface area (Å²) < 4.78 is 13.6. The molecule has 0 radical (unpaired) electrons. The summed E-state index contributed by atoms with van der Waals surface area (Å²) in [5, 5.41) is 18.0. The normalized spacial score (nSPS) is 14.2. The average Bonchev–Trinajstić information content (AvgIpc) is 3.36. The minimum atomic E-state index is -0.324. The number of pyridine rings is 1. The van der Waals surface area contributed by atoms with Crippen LogP contribution in [0.25, 0.3) is 10.9 Å². The molecule has 0 amide bonds. The molecule has 1 aromatic heterocycles. The van der Waals surface area contributed by atoms with Gasteiger partial charge in [-0.1, -0.05) is 51.4 Å². The van der Waals surface area contributed by atoms with Crippen molar-refractivity contribution in [2.45, 2.75) is 33.7 Å². The molecule has 4 rings (SSSR count). The van der Waals surface area contributed by atoms with Crippen LogP contribution in [-0.2, 0) is 0 Å². The van der Waals surface area contributed by atoms with E-state index in [2.05, 4.69) is 65.8 Å². The first-order valence-electron chi connectivity index (χ1n) is 11.4. The lowest BCUT2D eigenvalue weighted by Crippen LogP contribution is -2.33. The molecule has 7 nitrogen and oxygen atoms in total. The Morgan fingerprint density at radius 2 is 1.94 bits per heavy atom. The molecular formula is C26H29ClFN7. The monoisotopic (exact) mass is 493 g/mol. The highest BCUT2D eigenvalue weighted by molar-refractivity contribution is 6.35. The van der Waals surface area contributed by atoms with E-state index in [1.165, 1.54) is 12.1 Å². The van der Waals surface area contributed by atoms with Crippen LogP contribution < -0.4 is 27.0 Å². The third-order valence-corrected chi connectivity index (χ3v) is 6.95. The molecule has 1 atom stereocenters. The van der Waals surface area contributed by atoms with Crippen LogP contribution in [0, 0.1) is 28.5 Å². The topological polar surface area (TPSA) is 96.8 Å². The van der Waals surface area contributed by atoms with Gasteiger partial charge >= 0.3 is 0 Å². The molecule has 0 bridgehead atoms. The van der Waals surface area contributed by atoms with Crippen molar-refractivity contribution in [1.29, 1.82) is 5.26 Å². The van der Waals surface area contributed by atoms with E-state index in [0.717, 1.165) is 22.3 Å². The Morgan fingerprint density at radius 1 is 1.20 bits per heavy atom. The highest BCUT2D eigenvalue weighted by atomic mass is 35.5. The molecule has 0 spiro atoms. The molecule has 5 N–H and O–H groups in total. The second-order valence-corrected chi connectivity index (χ2v) is 10.0. The molecule has 2 aromatic carbocycles. The molecule has 35 heavy (non-hydrogen) atoms. The van der Waals surface area contributed by atoms with E-state index in [0.29, 0.717) is 34.3 Å². The lowest BCUT2D eigenvalue weighted by atomic mass is 9.81. The van der Waals surface area contributed by atoms with Crippen molar-refractivity contribution in [1.82, 2.24) is 21.4 Å². The number of nitriles is 1. The maximum atomic E-state index is 13.6. The zero-order chi connectivity index (χ0) is 25.2. The Bertz CT molecular complexity index is 1300. The first-order chi connectivity index (χ1) is 16.7. The van der Waals surface area contributed by atoms with E-state index < -0.39 is 0 Å². The fourth-order valence-corrected chi connectivity index (χ4v) is 3.98. The molecule has 0 aliphatic carbocycles. The van der Waals surface area contributed by atoms with E-state index in [1.54, 1.807) is 30.6 Å². The Kier molecular flexibility index (Phi) is 7.01. The van der Waals surface area contributed by atoms with Crippen LogP contribution in [0.5, 0.6) is 0 Å². The number of fused-ring (bicyclic) bond motifs is 1. The third kappa shape index (κ3) is 5.26. The van der Waals surface area contributed by atoms with Gasteiger partial charge < -0.3 is 21.5 Å². The quantitative estimate of drug-likeness (QED) is 0.278. The molecule has 3 aromatic rings. The van der Waals surface area contributed by atoms with Crippen molar-refractivity contribution >= 4 is 33.9 Å². The Morgan fingerprint density at radius 3 is 2.57 bits per heavy atom. The molecule has 0 saturated heterocycles. The number of nitrogens with one attached hydrogen (secondary N) is 5. The van der Waals surface area contributed by atoms with Crippen LogP contribution in [0.4, 0.5) is 15.8 Å². The van der Waals surface area contributed by atoms with E-state index in [1.807, 2.05) is 6.07 Å². The molecular weight excluding hydrogens is 465 g/mol. The lowest BCUT2D eigenvalue weighted by Gasteiger charge is -2.30. The van der Waals surface area contributed by atoms with Crippen molar-refractivity contribution in [3.05, 3.63) is 76.5 Å². The molecule has 1 aliphatic rings. The van der Waals surface area contributed by atoms with Crippen LogP contribution in [0.1, 0.15) is 44.9 Å². The number of halogens is 2. The summed E-state index contributed by atoms with van der Waals surface area (Å²) in [5.74, 6) is 0.140. The van der Waals surface area contributed by atoms with Gasteiger partial charge in [-0.05, 0) is 41.2 Å². The van der Waals surface area contributed by atoms with Crippen LogP contribution in [0.15, 0.2) is 54.5 Å². The van der Waals surface area contributed by atoms with E-state index in [9.17, 15) is 9.65 Å². The minimum absolute atomic E-state index is 0.0102.